The lowest BCUT2D eigenvalue weighted by Crippen LogP contribution is -2.16. The lowest BCUT2D eigenvalue weighted by molar-refractivity contribution is 0.307. The number of benzene rings is 1. The molecule has 0 bridgehead atoms. The van der Waals surface area contributed by atoms with Crippen molar-refractivity contribution in [3.63, 3.8) is 0 Å². The maximum atomic E-state index is 10.1. The Morgan fingerprint density at radius 1 is 1.32 bits per heavy atom. The van der Waals surface area contributed by atoms with Crippen molar-refractivity contribution in [1.82, 2.24) is 10.3 Å². The number of ether oxygens (including phenoxy) is 1. The number of nitrogens with zero attached hydrogens (tertiary/aromatic N) is 1. The lowest BCUT2D eigenvalue weighted by atomic mass is 10.1. The minimum Gasteiger partial charge on any atom is -0.504 e. The predicted octanol–water partition coefficient (Wildman–Crippen LogP) is 2.59. The highest BCUT2D eigenvalue weighted by molar-refractivity contribution is 6.30. The molecule has 0 fully saturated rings. The first-order chi connectivity index (χ1) is 9.24. The summed E-state index contributed by atoms with van der Waals surface area (Å²) in [6, 6.07) is 7.25. The van der Waals surface area contributed by atoms with Crippen LogP contribution in [0.15, 0.2) is 30.5 Å². The van der Waals surface area contributed by atoms with Gasteiger partial charge in [0, 0.05) is 30.4 Å². The third kappa shape index (κ3) is 2.50. The monoisotopic (exact) mass is 276 g/mol. The Hall–Kier alpha value is -1.78. The number of hydrogen-bond acceptors (Lipinski definition) is 4. The second kappa shape index (κ2) is 5.07. The molecule has 1 aromatic carbocycles. The number of fused-ring (bicyclic) bond motifs is 1. The summed E-state index contributed by atoms with van der Waals surface area (Å²) in [5.74, 6) is 0.704. The summed E-state index contributed by atoms with van der Waals surface area (Å²) < 4.78 is 5.54. The van der Waals surface area contributed by atoms with Crippen LogP contribution in [0.3, 0.4) is 0 Å². The first kappa shape index (κ1) is 12.3. The molecule has 0 saturated carbocycles. The van der Waals surface area contributed by atoms with Gasteiger partial charge in [-0.3, -0.25) is 4.98 Å². The molecule has 0 radical (unpaired) electrons. The lowest BCUT2D eigenvalue weighted by Gasteiger charge is -2.11. The molecular formula is C14H13ClN2O2. The van der Waals surface area contributed by atoms with Gasteiger partial charge in [0.25, 0.3) is 0 Å². The third-order valence-electron chi connectivity index (χ3n) is 3.01. The maximum Gasteiger partial charge on any atom is 0.165 e. The molecule has 0 atom stereocenters. The standard InChI is InChI=1S/C14H13ClN2O2/c15-11-1-2-12(17-8-11)9-5-10-7-16-3-4-19-14(10)13(18)6-9/h1-2,5-6,8,16,18H,3-4,7H2. The van der Waals surface area contributed by atoms with Crippen molar-refractivity contribution in [2.75, 3.05) is 13.2 Å². The van der Waals surface area contributed by atoms with Gasteiger partial charge in [0.05, 0.1) is 10.7 Å². The van der Waals surface area contributed by atoms with Crippen molar-refractivity contribution < 1.29 is 9.84 Å². The van der Waals surface area contributed by atoms with Crippen LogP contribution in [-0.4, -0.2) is 23.2 Å². The summed E-state index contributed by atoms with van der Waals surface area (Å²) >= 11 is 5.83. The predicted molar refractivity (Wildman–Crippen MR) is 73.5 cm³/mol. The fraction of sp³-hybridized carbons (Fsp3) is 0.214. The van der Waals surface area contributed by atoms with E-state index >= 15 is 0 Å². The van der Waals surface area contributed by atoms with Gasteiger partial charge in [-0.25, -0.2) is 0 Å². The molecule has 0 spiro atoms. The topological polar surface area (TPSA) is 54.4 Å². The largest absolute Gasteiger partial charge is 0.504 e. The van der Waals surface area contributed by atoms with E-state index in [0.717, 1.165) is 23.4 Å². The Morgan fingerprint density at radius 3 is 3.00 bits per heavy atom. The molecule has 1 aromatic heterocycles. The molecule has 3 rings (SSSR count). The molecule has 19 heavy (non-hydrogen) atoms. The van der Waals surface area contributed by atoms with Gasteiger partial charge >= 0.3 is 0 Å². The van der Waals surface area contributed by atoms with Gasteiger partial charge < -0.3 is 15.2 Å². The highest BCUT2D eigenvalue weighted by Crippen LogP contribution is 2.36. The summed E-state index contributed by atoms with van der Waals surface area (Å²) in [6.07, 6.45) is 1.59. The van der Waals surface area contributed by atoms with Crippen LogP contribution >= 0.6 is 11.6 Å². The highest BCUT2D eigenvalue weighted by atomic mass is 35.5. The van der Waals surface area contributed by atoms with Gasteiger partial charge in [-0.1, -0.05) is 11.6 Å². The van der Waals surface area contributed by atoms with Gasteiger partial charge in [0.1, 0.15) is 6.61 Å². The Labute approximate surface area is 116 Å². The smallest absolute Gasteiger partial charge is 0.165 e. The van der Waals surface area contributed by atoms with E-state index < -0.39 is 0 Å². The minimum absolute atomic E-state index is 0.146. The van der Waals surface area contributed by atoms with E-state index in [9.17, 15) is 5.11 Å². The summed E-state index contributed by atoms with van der Waals surface area (Å²) in [5, 5.41) is 13.9. The second-order valence-electron chi connectivity index (χ2n) is 4.37. The molecule has 0 amide bonds. The zero-order chi connectivity index (χ0) is 13.2. The van der Waals surface area contributed by atoms with Crippen molar-refractivity contribution in [3.8, 4) is 22.8 Å². The van der Waals surface area contributed by atoms with Crippen LogP contribution in [0.2, 0.25) is 5.02 Å². The average Bonchev–Trinajstić information content (AvgIpc) is 2.65. The fourth-order valence-corrected chi connectivity index (χ4v) is 2.22. The fourth-order valence-electron chi connectivity index (χ4n) is 2.11. The second-order valence-corrected chi connectivity index (χ2v) is 4.81. The van der Waals surface area contributed by atoms with Crippen LogP contribution in [0.25, 0.3) is 11.3 Å². The third-order valence-corrected chi connectivity index (χ3v) is 3.23. The van der Waals surface area contributed by atoms with Crippen molar-refractivity contribution in [2.24, 2.45) is 0 Å². The van der Waals surface area contributed by atoms with Gasteiger partial charge in [0.15, 0.2) is 11.5 Å². The van der Waals surface area contributed by atoms with Crippen molar-refractivity contribution in [1.29, 1.82) is 0 Å². The first-order valence-corrected chi connectivity index (χ1v) is 6.43. The zero-order valence-corrected chi connectivity index (χ0v) is 10.9. The zero-order valence-electron chi connectivity index (χ0n) is 10.2. The Bertz CT molecular complexity index is 599. The Kier molecular flexibility index (Phi) is 3.27. The molecule has 5 heteroatoms. The highest BCUT2D eigenvalue weighted by Gasteiger charge is 2.15. The molecule has 2 N–H and O–H groups in total. The normalized spacial score (nSPS) is 14.4. The van der Waals surface area contributed by atoms with E-state index in [-0.39, 0.29) is 5.75 Å². The van der Waals surface area contributed by atoms with E-state index in [1.54, 1.807) is 18.3 Å². The number of halogens is 1. The Morgan fingerprint density at radius 2 is 2.21 bits per heavy atom. The van der Waals surface area contributed by atoms with E-state index in [2.05, 4.69) is 10.3 Å². The molecule has 0 aliphatic carbocycles. The molecular weight excluding hydrogens is 264 g/mol. The number of hydrogen-bond donors (Lipinski definition) is 2. The number of rotatable bonds is 1. The van der Waals surface area contributed by atoms with E-state index in [4.69, 9.17) is 16.3 Å². The van der Waals surface area contributed by atoms with Crippen LogP contribution in [0.4, 0.5) is 0 Å². The number of aromatic nitrogens is 1. The van der Waals surface area contributed by atoms with Crippen LogP contribution < -0.4 is 10.1 Å². The number of aromatic hydroxyl groups is 1. The summed E-state index contributed by atoms with van der Waals surface area (Å²) in [5.41, 5.74) is 2.55. The van der Waals surface area contributed by atoms with Crippen molar-refractivity contribution in [3.05, 3.63) is 41.0 Å². The van der Waals surface area contributed by atoms with Crippen molar-refractivity contribution >= 4 is 11.6 Å². The number of nitrogens with one attached hydrogen (secondary N) is 1. The average molecular weight is 277 g/mol. The van der Waals surface area contributed by atoms with Gasteiger partial charge in [-0.2, -0.15) is 0 Å². The van der Waals surface area contributed by atoms with Crippen LogP contribution in [0.5, 0.6) is 11.5 Å². The molecule has 0 saturated heterocycles. The molecule has 1 aliphatic heterocycles. The van der Waals surface area contributed by atoms with Crippen LogP contribution in [0, 0.1) is 0 Å². The van der Waals surface area contributed by atoms with Gasteiger partial charge in [-0.05, 0) is 24.3 Å². The molecule has 4 nitrogen and oxygen atoms in total. The quantitative estimate of drug-likeness (QED) is 0.841. The number of pyridine rings is 1. The molecule has 98 valence electrons. The number of phenols is 1. The van der Waals surface area contributed by atoms with Gasteiger partial charge in [-0.15, -0.1) is 0 Å². The summed E-state index contributed by atoms with van der Waals surface area (Å²) in [4.78, 5) is 4.26. The molecule has 1 aliphatic rings. The van der Waals surface area contributed by atoms with E-state index in [1.165, 1.54) is 0 Å². The van der Waals surface area contributed by atoms with E-state index in [1.807, 2.05) is 12.1 Å². The van der Waals surface area contributed by atoms with Crippen LogP contribution in [-0.2, 0) is 6.54 Å². The summed E-state index contributed by atoms with van der Waals surface area (Å²) in [7, 11) is 0. The SMILES string of the molecule is Oc1cc(-c2ccc(Cl)cn2)cc2c1OCCNC2. The van der Waals surface area contributed by atoms with Crippen LogP contribution in [0.1, 0.15) is 5.56 Å². The first-order valence-electron chi connectivity index (χ1n) is 6.05. The van der Waals surface area contributed by atoms with Gasteiger partial charge in [0.2, 0.25) is 0 Å². The maximum absolute atomic E-state index is 10.1. The Balaban J connectivity index is 2.06. The van der Waals surface area contributed by atoms with E-state index in [0.29, 0.717) is 23.9 Å². The molecule has 2 heterocycles. The number of phenolic OH excluding ortho intramolecular Hbond substituents is 1. The summed E-state index contributed by atoms with van der Waals surface area (Å²) in [6.45, 7) is 1.99. The molecule has 0 unspecified atom stereocenters. The minimum atomic E-state index is 0.146. The molecule has 2 aromatic rings. The van der Waals surface area contributed by atoms with Crippen molar-refractivity contribution in [2.45, 2.75) is 6.54 Å².